The Morgan fingerprint density at radius 1 is 0.575 bits per heavy atom. The van der Waals surface area contributed by atoms with E-state index in [0.29, 0.717) is 0 Å². The lowest BCUT2D eigenvalue weighted by molar-refractivity contribution is 0.453. The fourth-order valence-electron chi connectivity index (χ4n) is 5.64. The number of aromatic nitrogens is 3. The molecular weight excluding hydrogens is 490 g/mol. The second kappa shape index (κ2) is 9.80. The molecule has 1 N–H and O–H groups in total. The molecule has 0 aliphatic rings. The Balaban J connectivity index is 1.64. The molecule has 0 aliphatic carbocycles. The zero-order chi connectivity index (χ0) is 27.9. The van der Waals surface area contributed by atoms with E-state index in [1.165, 1.54) is 5.56 Å². The van der Waals surface area contributed by atoms with Gasteiger partial charge in [-0.25, -0.2) is 4.68 Å². The van der Waals surface area contributed by atoms with E-state index in [-0.39, 0.29) is 11.2 Å². The van der Waals surface area contributed by atoms with Crippen LogP contribution in [0.4, 0.5) is 0 Å². The molecule has 6 rings (SSSR count). The molecule has 4 heteroatoms. The van der Waals surface area contributed by atoms with Gasteiger partial charge in [-0.05, 0) is 41.0 Å². The van der Waals surface area contributed by atoms with Crippen LogP contribution in [0.1, 0.15) is 49.9 Å². The van der Waals surface area contributed by atoms with Crippen molar-refractivity contribution in [1.82, 2.24) is 15.0 Å². The van der Waals surface area contributed by atoms with Crippen molar-refractivity contribution in [3.8, 4) is 22.6 Å². The van der Waals surface area contributed by atoms with Gasteiger partial charge in [-0.1, -0.05) is 130 Å². The minimum Gasteiger partial charge on any atom is -0.507 e. The van der Waals surface area contributed by atoms with Crippen LogP contribution in [0.3, 0.4) is 0 Å². The maximum Gasteiger partial charge on any atom is 0.127 e. The molecule has 0 bridgehead atoms. The van der Waals surface area contributed by atoms with E-state index in [4.69, 9.17) is 0 Å². The van der Waals surface area contributed by atoms with E-state index in [9.17, 15) is 5.11 Å². The summed E-state index contributed by atoms with van der Waals surface area (Å²) >= 11 is 0. The summed E-state index contributed by atoms with van der Waals surface area (Å²) in [5.41, 5.74) is 7.89. The fraction of sp³-hybridized carbons (Fsp3) is 0.167. The van der Waals surface area contributed by atoms with Gasteiger partial charge in [0, 0.05) is 27.5 Å². The summed E-state index contributed by atoms with van der Waals surface area (Å²) in [5.74, 6) is 0.276. The standard InChI is InChI=1S/C36H33N3O/c1-35(2,25-15-7-5-8-16-25)27-23-29(34(40)30(24-27)36(3,4)26-17-9-6-10-18-26)28-19-11-13-21-32(28)39-33-22-14-12-20-31(33)37-38-39/h5-24,40H,1-4H3. The molecule has 0 spiro atoms. The van der Waals surface area contributed by atoms with Crippen molar-refractivity contribution in [2.75, 3.05) is 0 Å². The number of benzene rings is 5. The average molecular weight is 524 g/mol. The normalized spacial score (nSPS) is 12.1. The first-order valence-electron chi connectivity index (χ1n) is 13.7. The van der Waals surface area contributed by atoms with Crippen LogP contribution in [-0.4, -0.2) is 20.1 Å². The third-order valence-electron chi connectivity index (χ3n) is 8.27. The van der Waals surface area contributed by atoms with Gasteiger partial charge in [0.05, 0.1) is 11.2 Å². The topological polar surface area (TPSA) is 50.9 Å². The van der Waals surface area contributed by atoms with Crippen LogP contribution in [-0.2, 0) is 10.8 Å². The molecule has 0 aliphatic heterocycles. The first kappa shape index (κ1) is 25.6. The number of hydrogen-bond donors (Lipinski definition) is 1. The Labute approximate surface area is 235 Å². The summed E-state index contributed by atoms with van der Waals surface area (Å²) in [6, 6.07) is 41.3. The Morgan fingerprint density at radius 2 is 1.15 bits per heavy atom. The minimum atomic E-state index is -0.447. The minimum absolute atomic E-state index is 0.276. The van der Waals surface area contributed by atoms with Gasteiger partial charge >= 0.3 is 0 Å². The smallest absolute Gasteiger partial charge is 0.127 e. The van der Waals surface area contributed by atoms with Crippen LogP contribution in [0.25, 0.3) is 27.8 Å². The number of hydrogen-bond acceptors (Lipinski definition) is 3. The lowest BCUT2D eigenvalue weighted by Crippen LogP contribution is -2.23. The molecule has 6 aromatic rings. The second-order valence-electron chi connectivity index (χ2n) is 11.4. The number of fused-ring (bicyclic) bond motifs is 1. The van der Waals surface area contributed by atoms with Crippen molar-refractivity contribution in [3.63, 3.8) is 0 Å². The first-order chi connectivity index (χ1) is 19.3. The molecule has 0 fully saturated rings. The van der Waals surface area contributed by atoms with Crippen molar-refractivity contribution >= 4 is 11.0 Å². The number of phenolic OH excluding ortho intramolecular Hbond substituents is 1. The van der Waals surface area contributed by atoms with Gasteiger partial charge in [-0.2, -0.15) is 0 Å². The average Bonchev–Trinajstić information content (AvgIpc) is 3.42. The van der Waals surface area contributed by atoms with Crippen LogP contribution < -0.4 is 0 Å². The Hall–Kier alpha value is -4.70. The Bertz CT molecular complexity index is 1800. The van der Waals surface area contributed by atoms with Crippen molar-refractivity contribution in [1.29, 1.82) is 0 Å². The lowest BCUT2D eigenvalue weighted by atomic mass is 9.71. The van der Waals surface area contributed by atoms with Crippen LogP contribution in [0.2, 0.25) is 0 Å². The molecule has 1 aromatic heterocycles. The summed E-state index contributed by atoms with van der Waals surface area (Å²) in [5, 5.41) is 21.0. The first-order valence-corrected chi connectivity index (χ1v) is 13.7. The molecule has 5 aromatic carbocycles. The van der Waals surface area contributed by atoms with Gasteiger partial charge in [0.25, 0.3) is 0 Å². The summed E-state index contributed by atoms with van der Waals surface area (Å²) in [6.45, 7) is 8.85. The molecule has 0 saturated heterocycles. The molecule has 0 radical (unpaired) electrons. The van der Waals surface area contributed by atoms with Crippen molar-refractivity contribution in [2.24, 2.45) is 0 Å². The van der Waals surface area contributed by atoms with E-state index in [0.717, 1.165) is 44.5 Å². The summed E-state index contributed by atoms with van der Waals surface area (Å²) in [4.78, 5) is 0. The van der Waals surface area contributed by atoms with Crippen LogP contribution >= 0.6 is 0 Å². The third-order valence-corrected chi connectivity index (χ3v) is 8.27. The maximum absolute atomic E-state index is 12.1. The van der Waals surface area contributed by atoms with Crippen LogP contribution in [0.15, 0.2) is 121 Å². The van der Waals surface area contributed by atoms with Crippen LogP contribution in [0.5, 0.6) is 5.75 Å². The van der Waals surface area contributed by atoms with Gasteiger partial charge in [0.1, 0.15) is 11.3 Å². The second-order valence-corrected chi connectivity index (χ2v) is 11.4. The molecule has 4 nitrogen and oxygen atoms in total. The van der Waals surface area contributed by atoms with E-state index >= 15 is 0 Å². The quantitative estimate of drug-likeness (QED) is 0.238. The third kappa shape index (κ3) is 4.26. The molecule has 40 heavy (non-hydrogen) atoms. The summed E-state index contributed by atoms with van der Waals surface area (Å²) < 4.78 is 1.86. The zero-order valence-corrected chi connectivity index (χ0v) is 23.3. The van der Waals surface area contributed by atoms with Crippen molar-refractivity contribution in [2.45, 2.75) is 38.5 Å². The highest BCUT2D eigenvalue weighted by Gasteiger charge is 2.32. The highest BCUT2D eigenvalue weighted by Crippen LogP contribution is 2.47. The number of rotatable bonds is 6. The number of phenols is 1. The lowest BCUT2D eigenvalue weighted by Gasteiger charge is -2.33. The molecular formula is C36H33N3O. The predicted octanol–water partition coefficient (Wildman–Crippen LogP) is 8.44. The number of nitrogens with zero attached hydrogens (tertiary/aromatic N) is 3. The molecule has 1 heterocycles. The monoisotopic (exact) mass is 523 g/mol. The van der Waals surface area contributed by atoms with Crippen molar-refractivity contribution < 1.29 is 5.11 Å². The molecule has 198 valence electrons. The summed E-state index contributed by atoms with van der Waals surface area (Å²) in [7, 11) is 0. The fourth-order valence-corrected chi connectivity index (χ4v) is 5.64. The van der Waals surface area contributed by atoms with Gasteiger partial charge in [-0.15, -0.1) is 5.10 Å². The molecule has 0 unspecified atom stereocenters. The van der Waals surface area contributed by atoms with Gasteiger partial charge in [0.2, 0.25) is 0 Å². The SMILES string of the molecule is CC(C)(c1ccccc1)c1cc(-c2ccccc2-n2nnc3ccccc32)c(O)c(C(C)(C)c2ccccc2)c1. The largest absolute Gasteiger partial charge is 0.507 e. The number of para-hydroxylation sites is 2. The Kier molecular flexibility index (Phi) is 6.26. The number of aromatic hydroxyl groups is 1. The molecule has 0 amide bonds. The molecule has 0 atom stereocenters. The van der Waals surface area contributed by atoms with E-state index in [1.807, 2.05) is 59.3 Å². The van der Waals surface area contributed by atoms with E-state index in [2.05, 4.69) is 105 Å². The highest BCUT2D eigenvalue weighted by molar-refractivity contribution is 5.84. The zero-order valence-electron chi connectivity index (χ0n) is 23.3. The Morgan fingerprint density at radius 3 is 1.85 bits per heavy atom. The van der Waals surface area contributed by atoms with Gasteiger partial charge < -0.3 is 5.11 Å². The van der Waals surface area contributed by atoms with Crippen molar-refractivity contribution in [3.05, 3.63) is 144 Å². The van der Waals surface area contributed by atoms with Gasteiger partial charge in [-0.3, -0.25) is 0 Å². The predicted molar refractivity (Wildman–Crippen MR) is 163 cm³/mol. The van der Waals surface area contributed by atoms with Gasteiger partial charge in [0.15, 0.2) is 0 Å². The van der Waals surface area contributed by atoms with E-state index < -0.39 is 5.41 Å². The maximum atomic E-state index is 12.1. The molecule has 0 saturated carbocycles. The summed E-state index contributed by atoms with van der Waals surface area (Å²) in [6.07, 6.45) is 0. The van der Waals surface area contributed by atoms with Crippen LogP contribution in [0, 0.1) is 0 Å². The van der Waals surface area contributed by atoms with E-state index in [1.54, 1.807) is 0 Å². The highest BCUT2D eigenvalue weighted by atomic mass is 16.3.